The molecular weight excluding hydrogens is 346 g/mol. The van der Waals surface area contributed by atoms with Crippen molar-refractivity contribution in [2.75, 3.05) is 18.0 Å². The van der Waals surface area contributed by atoms with Gasteiger partial charge in [0.15, 0.2) is 0 Å². The minimum Gasteiger partial charge on any atom is -0.338 e. The number of fused-ring (bicyclic) bond motifs is 1. The number of amides is 2. The summed E-state index contributed by atoms with van der Waals surface area (Å²) in [5.41, 5.74) is 3.17. The molecule has 138 valence electrons. The molecule has 1 saturated heterocycles. The van der Waals surface area contributed by atoms with Crippen LogP contribution in [0.5, 0.6) is 0 Å². The highest BCUT2D eigenvalue weighted by atomic mass is 16.6. The van der Waals surface area contributed by atoms with Crippen LogP contribution in [0.25, 0.3) is 0 Å². The number of hydrogen-bond acceptors (Lipinski definition) is 4. The fourth-order valence-corrected chi connectivity index (χ4v) is 3.71. The van der Waals surface area contributed by atoms with Gasteiger partial charge >= 0.3 is 0 Å². The Kier molecular flexibility index (Phi) is 4.35. The quantitative estimate of drug-likeness (QED) is 0.616. The molecule has 4 rings (SSSR count). The van der Waals surface area contributed by atoms with E-state index in [4.69, 9.17) is 0 Å². The molecule has 0 atom stereocenters. The third-order valence-electron chi connectivity index (χ3n) is 5.16. The highest BCUT2D eigenvalue weighted by Gasteiger charge is 2.27. The first-order valence-electron chi connectivity index (χ1n) is 8.99. The van der Waals surface area contributed by atoms with Gasteiger partial charge in [-0.15, -0.1) is 0 Å². The number of hydrogen-bond donors (Lipinski definition) is 0. The summed E-state index contributed by atoms with van der Waals surface area (Å²) in [5, 5.41) is 10.9. The molecule has 0 N–H and O–H groups in total. The second kappa shape index (κ2) is 6.83. The topological polar surface area (TPSA) is 83.8 Å². The van der Waals surface area contributed by atoms with Crippen LogP contribution >= 0.6 is 0 Å². The van der Waals surface area contributed by atoms with Gasteiger partial charge in [0.2, 0.25) is 5.91 Å². The predicted molar refractivity (Wildman–Crippen MR) is 99.6 cm³/mol. The van der Waals surface area contributed by atoms with Gasteiger partial charge in [0.1, 0.15) is 0 Å². The van der Waals surface area contributed by atoms with E-state index in [1.165, 1.54) is 6.07 Å². The average molecular weight is 365 g/mol. The fourth-order valence-electron chi connectivity index (χ4n) is 3.71. The van der Waals surface area contributed by atoms with E-state index in [0.29, 0.717) is 31.5 Å². The van der Waals surface area contributed by atoms with Crippen LogP contribution in [0.4, 0.5) is 11.4 Å². The number of nitrogens with zero attached hydrogens (tertiary/aromatic N) is 3. The lowest BCUT2D eigenvalue weighted by atomic mass is 10.1. The number of likely N-dealkylation sites (tertiary alicyclic amines) is 1. The summed E-state index contributed by atoms with van der Waals surface area (Å²) in [6.07, 6.45) is 2.13. The SMILES string of the molecule is O=C1CCCN1Cc1ccc(C(=O)N2CCc3cc([N+](=O)[O-])ccc32)cc1. The normalized spacial score (nSPS) is 15.9. The zero-order chi connectivity index (χ0) is 19.0. The molecule has 0 bridgehead atoms. The number of non-ortho nitro benzene ring substituents is 1. The summed E-state index contributed by atoms with van der Waals surface area (Å²) in [5.74, 6) is 0.0596. The maximum atomic E-state index is 12.9. The smallest absolute Gasteiger partial charge is 0.269 e. The first kappa shape index (κ1) is 17.2. The molecule has 27 heavy (non-hydrogen) atoms. The van der Waals surface area contributed by atoms with Crippen LogP contribution in [0.1, 0.15) is 34.3 Å². The van der Waals surface area contributed by atoms with E-state index in [0.717, 1.165) is 29.8 Å². The fraction of sp³-hybridized carbons (Fsp3) is 0.300. The maximum absolute atomic E-state index is 12.9. The number of rotatable bonds is 4. The minimum absolute atomic E-state index is 0.0452. The van der Waals surface area contributed by atoms with Gasteiger partial charge in [0.25, 0.3) is 11.6 Å². The number of benzene rings is 2. The summed E-state index contributed by atoms with van der Waals surface area (Å²) < 4.78 is 0. The van der Waals surface area contributed by atoms with Crippen LogP contribution < -0.4 is 4.90 Å². The zero-order valence-electron chi connectivity index (χ0n) is 14.8. The van der Waals surface area contributed by atoms with Crippen molar-refractivity contribution in [2.45, 2.75) is 25.8 Å². The summed E-state index contributed by atoms with van der Waals surface area (Å²) in [6.45, 7) is 1.87. The molecule has 0 aromatic heterocycles. The van der Waals surface area contributed by atoms with Crippen LogP contribution in [0.2, 0.25) is 0 Å². The molecule has 0 saturated carbocycles. The van der Waals surface area contributed by atoms with Crippen LogP contribution in [0.3, 0.4) is 0 Å². The Hall–Kier alpha value is -3.22. The van der Waals surface area contributed by atoms with Crippen LogP contribution in [-0.4, -0.2) is 34.7 Å². The lowest BCUT2D eigenvalue weighted by Gasteiger charge is -2.18. The van der Waals surface area contributed by atoms with Gasteiger partial charge in [0, 0.05) is 49.4 Å². The summed E-state index contributed by atoms with van der Waals surface area (Å²) in [4.78, 5) is 38.6. The van der Waals surface area contributed by atoms with Crippen molar-refractivity contribution in [3.63, 3.8) is 0 Å². The molecule has 7 heteroatoms. The molecule has 2 aliphatic rings. The van der Waals surface area contributed by atoms with Crippen molar-refractivity contribution in [3.8, 4) is 0 Å². The van der Waals surface area contributed by atoms with E-state index in [-0.39, 0.29) is 17.5 Å². The second-order valence-electron chi connectivity index (χ2n) is 6.89. The maximum Gasteiger partial charge on any atom is 0.269 e. The summed E-state index contributed by atoms with van der Waals surface area (Å²) in [7, 11) is 0. The Bertz CT molecular complexity index is 923. The Balaban J connectivity index is 1.49. The molecule has 7 nitrogen and oxygen atoms in total. The number of nitro benzene ring substituents is 1. The Morgan fingerprint density at radius 2 is 1.85 bits per heavy atom. The molecule has 0 unspecified atom stereocenters. The van der Waals surface area contributed by atoms with Crippen LogP contribution in [0.15, 0.2) is 42.5 Å². The van der Waals surface area contributed by atoms with Crippen LogP contribution in [-0.2, 0) is 17.8 Å². The van der Waals surface area contributed by atoms with Crippen molar-refractivity contribution in [3.05, 3.63) is 69.3 Å². The molecule has 1 fully saturated rings. The van der Waals surface area contributed by atoms with Gasteiger partial charge in [-0.1, -0.05) is 12.1 Å². The molecule has 2 heterocycles. The number of nitro groups is 1. The van der Waals surface area contributed by atoms with Gasteiger partial charge in [-0.3, -0.25) is 19.7 Å². The molecule has 2 aliphatic heterocycles. The molecule has 2 amide bonds. The van der Waals surface area contributed by atoms with Gasteiger partial charge in [-0.05, 0) is 42.2 Å². The summed E-state index contributed by atoms with van der Waals surface area (Å²) in [6, 6.07) is 11.9. The monoisotopic (exact) mass is 365 g/mol. The standard InChI is InChI=1S/C20H19N3O4/c24-19-2-1-10-21(19)13-14-3-5-15(6-4-14)20(25)22-11-9-16-12-17(23(26)27)7-8-18(16)22/h3-8,12H,1-2,9-11,13H2. The average Bonchev–Trinajstić information content (AvgIpc) is 3.27. The Labute approximate surface area is 156 Å². The number of carbonyl (C=O) groups excluding carboxylic acids is 2. The number of anilines is 1. The van der Waals surface area contributed by atoms with Crippen molar-refractivity contribution < 1.29 is 14.5 Å². The first-order valence-corrected chi connectivity index (χ1v) is 8.99. The molecule has 2 aromatic carbocycles. The highest BCUT2D eigenvalue weighted by molar-refractivity contribution is 6.07. The Morgan fingerprint density at radius 1 is 1.07 bits per heavy atom. The predicted octanol–water partition coefficient (Wildman–Crippen LogP) is 2.92. The van der Waals surface area contributed by atoms with E-state index in [9.17, 15) is 19.7 Å². The molecular formula is C20H19N3O4. The largest absolute Gasteiger partial charge is 0.338 e. The lowest BCUT2D eigenvalue weighted by molar-refractivity contribution is -0.384. The third-order valence-corrected chi connectivity index (χ3v) is 5.16. The molecule has 0 spiro atoms. The first-order chi connectivity index (χ1) is 13.0. The van der Waals surface area contributed by atoms with E-state index >= 15 is 0 Å². The molecule has 0 radical (unpaired) electrons. The van der Waals surface area contributed by atoms with E-state index in [1.54, 1.807) is 29.2 Å². The third kappa shape index (κ3) is 3.28. The van der Waals surface area contributed by atoms with Crippen LogP contribution in [0, 0.1) is 10.1 Å². The van der Waals surface area contributed by atoms with Gasteiger partial charge < -0.3 is 9.80 Å². The molecule has 0 aliphatic carbocycles. The van der Waals surface area contributed by atoms with E-state index in [1.807, 2.05) is 17.0 Å². The highest BCUT2D eigenvalue weighted by Crippen LogP contribution is 2.32. The van der Waals surface area contributed by atoms with E-state index < -0.39 is 4.92 Å². The van der Waals surface area contributed by atoms with Crippen molar-refractivity contribution in [1.82, 2.24) is 4.90 Å². The lowest BCUT2D eigenvalue weighted by Crippen LogP contribution is -2.29. The van der Waals surface area contributed by atoms with Gasteiger partial charge in [-0.2, -0.15) is 0 Å². The van der Waals surface area contributed by atoms with E-state index in [2.05, 4.69) is 0 Å². The van der Waals surface area contributed by atoms with Crippen molar-refractivity contribution >= 4 is 23.2 Å². The second-order valence-corrected chi connectivity index (χ2v) is 6.89. The van der Waals surface area contributed by atoms with Gasteiger partial charge in [-0.25, -0.2) is 0 Å². The van der Waals surface area contributed by atoms with Crippen molar-refractivity contribution in [2.24, 2.45) is 0 Å². The van der Waals surface area contributed by atoms with Crippen molar-refractivity contribution in [1.29, 1.82) is 0 Å². The zero-order valence-corrected chi connectivity index (χ0v) is 14.8. The number of carbonyl (C=O) groups is 2. The Morgan fingerprint density at radius 3 is 2.52 bits per heavy atom. The molecule has 2 aromatic rings. The van der Waals surface area contributed by atoms with Gasteiger partial charge in [0.05, 0.1) is 4.92 Å². The minimum atomic E-state index is -0.422. The summed E-state index contributed by atoms with van der Waals surface area (Å²) >= 11 is 0.